The number of primary amides is 1. The predicted octanol–water partition coefficient (Wildman–Crippen LogP) is 1.56. The molecule has 1 aliphatic rings. The molecular formula is C15H21N3O2. The summed E-state index contributed by atoms with van der Waals surface area (Å²) in [5, 5.41) is 0. The Balaban J connectivity index is 2.02. The number of carbonyl (C=O) groups is 2. The van der Waals surface area contributed by atoms with Crippen molar-refractivity contribution in [3.05, 3.63) is 23.8 Å². The zero-order valence-electron chi connectivity index (χ0n) is 11.8. The van der Waals surface area contributed by atoms with Gasteiger partial charge in [0, 0.05) is 36.4 Å². The number of anilines is 2. The van der Waals surface area contributed by atoms with Crippen LogP contribution in [0.4, 0.5) is 11.4 Å². The number of benzene rings is 1. The second-order valence-electron chi connectivity index (χ2n) is 5.43. The second kappa shape index (κ2) is 5.94. The number of piperidine rings is 1. The maximum atomic E-state index is 11.4. The molecule has 1 saturated heterocycles. The zero-order chi connectivity index (χ0) is 14.7. The number of ketones is 1. The molecule has 108 valence electrons. The molecule has 20 heavy (non-hydrogen) atoms. The number of nitrogen functional groups attached to an aromatic ring is 1. The van der Waals surface area contributed by atoms with Crippen LogP contribution < -0.4 is 16.4 Å². The number of hydrogen-bond acceptors (Lipinski definition) is 4. The van der Waals surface area contributed by atoms with Crippen LogP contribution in [0, 0.1) is 5.92 Å². The van der Waals surface area contributed by atoms with Gasteiger partial charge in [-0.2, -0.15) is 0 Å². The molecule has 1 heterocycles. The van der Waals surface area contributed by atoms with E-state index < -0.39 is 0 Å². The largest absolute Gasteiger partial charge is 0.398 e. The highest BCUT2D eigenvalue weighted by atomic mass is 16.1. The van der Waals surface area contributed by atoms with E-state index in [1.807, 2.05) is 12.1 Å². The molecule has 0 aromatic heterocycles. The molecule has 5 heteroatoms. The van der Waals surface area contributed by atoms with E-state index in [1.54, 1.807) is 6.07 Å². The van der Waals surface area contributed by atoms with Gasteiger partial charge in [-0.25, -0.2) is 0 Å². The lowest BCUT2D eigenvalue weighted by molar-refractivity contribution is -0.119. The number of nitrogens with zero attached hydrogens (tertiary/aromatic N) is 1. The molecule has 0 bridgehead atoms. The molecule has 0 saturated carbocycles. The van der Waals surface area contributed by atoms with Gasteiger partial charge in [0.25, 0.3) is 0 Å². The molecular weight excluding hydrogens is 254 g/mol. The molecule has 0 radical (unpaired) electrons. The molecule has 1 aromatic carbocycles. The van der Waals surface area contributed by atoms with Crippen LogP contribution in [0.5, 0.6) is 0 Å². The van der Waals surface area contributed by atoms with Crippen molar-refractivity contribution < 1.29 is 9.59 Å². The van der Waals surface area contributed by atoms with Crippen LogP contribution in [0.15, 0.2) is 18.2 Å². The van der Waals surface area contributed by atoms with Gasteiger partial charge in [-0.15, -0.1) is 0 Å². The highest BCUT2D eigenvalue weighted by Crippen LogP contribution is 2.27. The van der Waals surface area contributed by atoms with Gasteiger partial charge in [-0.05, 0) is 43.9 Å². The van der Waals surface area contributed by atoms with E-state index in [-0.39, 0.29) is 11.7 Å². The normalized spacial score (nSPS) is 16.1. The fourth-order valence-electron chi connectivity index (χ4n) is 2.75. The van der Waals surface area contributed by atoms with Crippen LogP contribution in [0.25, 0.3) is 0 Å². The fourth-order valence-corrected chi connectivity index (χ4v) is 2.75. The van der Waals surface area contributed by atoms with Gasteiger partial charge in [0.1, 0.15) is 0 Å². The molecule has 1 amide bonds. The van der Waals surface area contributed by atoms with Crippen molar-refractivity contribution in [2.24, 2.45) is 11.7 Å². The first-order valence-corrected chi connectivity index (χ1v) is 6.91. The van der Waals surface area contributed by atoms with Crippen molar-refractivity contribution in [2.45, 2.75) is 26.2 Å². The van der Waals surface area contributed by atoms with E-state index >= 15 is 0 Å². The standard InChI is InChI=1S/C15H21N3O2/c1-10(19)13-3-2-12(9-14(13)16)18-6-4-11(5-7-18)8-15(17)20/h2-3,9,11H,4-8,16H2,1H3,(H2,17,20). The van der Waals surface area contributed by atoms with Crippen LogP contribution in [0.1, 0.15) is 36.5 Å². The number of rotatable bonds is 4. The van der Waals surface area contributed by atoms with E-state index in [4.69, 9.17) is 11.5 Å². The second-order valence-corrected chi connectivity index (χ2v) is 5.43. The summed E-state index contributed by atoms with van der Waals surface area (Å²) in [6.07, 6.45) is 2.38. The zero-order valence-corrected chi connectivity index (χ0v) is 11.8. The maximum Gasteiger partial charge on any atom is 0.217 e. The van der Waals surface area contributed by atoms with Crippen molar-refractivity contribution in [2.75, 3.05) is 23.7 Å². The summed E-state index contributed by atoms with van der Waals surface area (Å²) in [6.45, 7) is 3.29. The summed E-state index contributed by atoms with van der Waals surface area (Å²) in [7, 11) is 0. The van der Waals surface area contributed by atoms with Crippen molar-refractivity contribution in [3.63, 3.8) is 0 Å². The fraction of sp³-hybridized carbons (Fsp3) is 0.467. The Bertz CT molecular complexity index is 520. The Morgan fingerprint density at radius 3 is 2.45 bits per heavy atom. The monoisotopic (exact) mass is 275 g/mol. The topological polar surface area (TPSA) is 89.4 Å². The molecule has 0 aliphatic carbocycles. The van der Waals surface area contributed by atoms with Crippen molar-refractivity contribution >= 4 is 23.1 Å². The molecule has 2 rings (SSSR count). The van der Waals surface area contributed by atoms with Crippen molar-refractivity contribution in [1.29, 1.82) is 0 Å². The van der Waals surface area contributed by atoms with E-state index in [0.29, 0.717) is 23.6 Å². The maximum absolute atomic E-state index is 11.4. The molecule has 0 unspecified atom stereocenters. The van der Waals surface area contributed by atoms with E-state index in [0.717, 1.165) is 31.6 Å². The molecule has 1 fully saturated rings. The Morgan fingerprint density at radius 2 is 1.95 bits per heavy atom. The van der Waals surface area contributed by atoms with Gasteiger partial charge in [0.05, 0.1) is 0 Å². The van der Waals surface area contributed by atoms with Crippen LogP contribution in [0.3, 0.4) is 0 Å². The lowest BCUT2D eigenvalue weighted by Crippen LogP contribution is -2.35. The molecule has 1 aromatic rings. The predicted molar refractivity (Wildman–Crippen MR) is 79.6 cm³/mol. The minimum atomic E-state index is -0.224. The Morgan fingerprint density at radius 1 is 1.30 bits per heavy atom. The van der Waals surface area contributed by atoms with E-state index in [2.05, 4.69) is 4.90 Å². The third-order valence-corrected chi connectivity index (χ3v) is 3.88. The SMILES string of the molecule is CC(=O)c1ccc(N2CCC(CC(N)=O)CC2)cc1N. The van der Waals surface area contributed by atoms with E-state index in [1.165, 1.54) is 6.92 Å². The summed E-state index contributed by atoms with van der Waals surface area (Å²) in [5.74, 6) is 0.144. The van der Waals surface area contributed by atoms with Crippen LogP contribution in [0.2, 0.25) is 0 Å². The average molecular weight is 275 g/mol. The number of Topliss-reactive ketones (excluding diaryl/α,β-unsaturated/α-hetero) is 1. The highest BCUT2D eigenvalue weighted by molar-refractivity contribution is 5.99. The van der Waals surface area contributed by atoms with Crippen LogP contribution >= 0.6 is 0 Å². The van der Waals surface area contributed by atoms with Gasteiger partial charge < -0.3 is 16.4 Å². The third-order valence-electron chi connectivity index (χ3n) is 3.88. The number of carbonyl (C=O) groups excluding carboxylic acids is 2. The Kier molecular flexibility index (Phi) is 4.27. The molecule has 0 atom stereocenters. The summed E-state index contributed by atoms with van der Waals surface area (Å²) >= 11 is 0. The number of nitrogens with two attached hydrogens (primary N) is 2. The van der Waals surface area contributed by atoms with Gasteiger partial charge >= 0.3 is 0 Å². The lowest BCUT2D eigenvalue weighted by atomic mass is 9.93. The Labute approximate surface area is 118 Å². The average Bonchev–Trinajstić information content (AvgIpc) is 2.38. The van der Waals surface area contributed by atoms with Gasteiger partial charge in [0.15, 0.2) is 5.78 Å². The first-order valence-electron chi connectivity index (χ1n) is 6.91. The molecule has 5 nitrogen and oxygen atoms in total. The summed E-state index contributed by atoms with van der Waals surface area (Å²) in [5.41, 5.74) is 13.3. The van der Waals surface area contributed by atoms with Crippen LogP contribution in [-0.4, -0.2) is 24.8 Å². The lowest BCUT2D eigenvalue weighted by Gasteiger charge is -2.33. The number of amides is 1. The van der Waals surface area contributed by atoms with Crippen LogP contribution in [-0.2, 0) is 4.79 Å². The molecule has 1 aliphatic heterocycles. The first-order chi connectivity index (χ1) is 9.47. The third kappa shape index (κ3) is 3.29. The highest BCUT2D eigenvalue weighted by Gasteiger charge is 2.21. The first kappa shape index (κ1) is 14.4. The number of hydrogen-bond donors (Lipinski definition) is 2. The molecule has 4 N–H and O–H groups in total. The van der Waals surface area contributed by atoms with Crippen molar-refractivity contribution in [3.8, 4) is 0 Å². The minimum absolute atomic E-state index is 0.0192. The van der Waals surface area contributed by atoms with E-state index in [9.17, 15) is 9.59 Å². The minimum Gasteiger partial charge on any atom is -0.398 e. The molecule has 0 spiro atoms. The summed E-state index contributed by atoms with van der Waals surface area (Å²) in [6, 6.07) is 5.56. The Hall–Kier alpha value is -2.04. The quantitative estimate of drug-likeness (QED) is 0.644. The summed E-state index contributed by atoms with van der Waals surface area (Å²) in [4.78, 5) is 24.5. The summed E-state index contributed by atoms with van der Waals surface area (Å²) < 4.78 is 0. The van der Waals surface area contributed by atoms with Gasteiger partial charge in [-0.3, -0.25) is 9.59 Å². The van der Waals surface area contributed by atoms with Gasteiger partial charge in [0.2, 0.25) is 5.91 Å². The van der Waals surface area contributed by atoms with Crippen molar-refractivity contribution in [1.82, 2.24) is 0 Å². The smallest absolute Gasteiger partial charge is 0.217 e. The van der Waals surface area contributed by atoms with Gasteiger partial charge in [-0.1, -0.05) is 0 Å².